The zero-order valence-corrected chi connectivity index (χ0v) is 11.8. The van der Waals surface area contributed by atoms with Gasteiger partial charge in [0.2, 0.25) is 11.8 Å². The van der Waals surface area contributed by atoms with Crippen LogP contribution in [0.1, 0.15) is 42.0 Å². The molecule has 0 saturated heterocycles. The Morgan fingerprint density at radius 3 is 2.63 bits per heavy atom. The van der Waals surface area contributed by atoms with Gasteiger partial charge in [-0.1, -0.05) is 0 Å². The lowest BCUT2D eigenvalue weighted by Crippen LogP contribution is -2.36. The van der Waals surface area contributed by atoms with Gasteiger partial charge in [-0.15, -0.1) is 10.2 Å². The molecule has 6 nitrogen and oxygen atoms in total. The van der Waals surface area contributed by atoms with Crippen LogP contribution in [-0.4, -0.2) is 31.2 Å². The zero-order chi connectivity index (χ0) is 13.6. The number of hydrogen-bond acceptors (Lipinski definition) is 5. The molecule has 1 aliphatic rings. The molecule has 1 atom stereocenters. The van der Waals surface area contributed by atoms with E-state index < -0.39 is 0 Å². The fraction of sp³-hybridized carbons (Fsp3) is 0.615. The maximum atomic E-state index is 5.52. The van der Waals surface area contributed by atoms with Gasteiger partial charge in [0.1, 0.15) is 5.82 Å². The molecule has 2 aromatic heterocycles. The highest BCUT2D eigenvalue weighted by atomic mass is 16.4. The van der Waals surface area contributed by atoms with Gasteiger partial charge in [-0.2, -0.15) is 0 Å². The molecule has 0 fully saturated rings. The normalized spacial score (nSPS) is 17.5. The van der Waals surface area contributed by atoms with Gasteiger partial charge >= 0.3 is 0 Å². The topological polar surface area (TPSA) is 60.0 Å². The Morgan fingerprint density at radius 2 is 1.95 bits per heavy atom. The Bertz CT molecular complexity index is 600. The van der Waals surface area contributed by atoms with Crippen molar-refractivity contribution >= 4 is 0 Å². The van der Waals surface area contributed by atoms with Crippen LogP contribution in [0.25, 0.3) is 0 Å². The lowest BCUT2D eigenvalue weighted by Gasteiger charge is -2.31. The van der Waals surface area contributed by atoms with E-state index in [0.717, 1.165) is 31.2 Å². The quantitative estimate of drug-likeness (QED) is 0.824. The molecule has 2 aromatic rings. The molecule has 0 unspecified atom stereocenters. The van der Waals surface area contributed by atoms with Gasteiger partial charge in [0.05, 0.1) is 18.3 Å². The van der Waals surface area contributed by atoms with Gasteiger partial charge in [0, 0.05) is 25.7 Å². The Labute approximate surface area is 112 Å². The summed E-state index contributed by atoms with van der Waals surface area (Å²) < 4.78 is 7.83. The van der Waals surface area contributed by atoms with E-state index in [1.54, 1.807) is 0 Å². The predicted octanol–water partition coefficient (Wildman–Crippen LogP) is 1.77. The highest BCUT2D eigenvalue weighted by Crippen LogP contribution is 2.25. The third-order valence-corrected chi connectivity index (χ3v) is 3.94. The second-order valence-corrected chi connectivity index (χ2v) is 5.16. The summed E-state index contributed by atoms with van der Waals surface area (Å²) in [6.07, 6.45) is 0. The summed E-state index contributed by atoms with van der Waals surface area (Å²) in [5.41, 5.74) is 2.40. The van der Waals surface area contributed by atoms with Crippen molar-refractivity contribution in [2.75, 3.05) is 6.54 Å². The Hall–Kier alpha value is -1.69. The summed E-state index contributed by atoms with van der Waals surface area (Å²) in [6, 6.07) is 0.132. The number of hydrogen-bond donors (Lipinski definition) is 0. The van der Waals surface area contributed by atoms with Crippen molar-refractivity contribution in [2.45, 2.75) is 46.8 Å². The average molecular weight is 261 g/mol. The first-order chi connectivity index (χ1) is 9.06. The summed E-state index contributed by atoms with van der Waals surface area (Å²) in [4.78, 5) is 6.96. The van der Waals surface area contributed by atoms with Gasteiger partial charge < -0.3 is 8.98 Å². The van der Waals surface area contributed by atoms with E-state index in [4.69, 9.17) is 4.42 Å². The van der Waals surface area contributed by atoms with E-state index >= 15 is 0 Å². The second kappa shape index (κ2) is 4.45. The Morgan fingerprint density at radius 1 is 1.16 bits per heavy atom. The Balaban J connectivity index is 1.82. The standard InChI is InChI=1S/C13H19N5O/c1-8-9(2)18-6-5-17(7-12(18)14-8)10(3)13-16-15-11(4)19-13/h10H,5-7H2,1-4H3/t10-/m0/s1. The number of aromatic nitrogens is 4. The van der Waals surface area contributed by atoms with E-state index in [1.165, 1.54) is 5.69 Å². The molecule has 102 valence electrons. The van der Waals surface area contributed by atoms with Crippen LogP contribution >= 0.6 is 0 Å². The monoisotopic (exact) mass is 261 g/mol. The lowest BCUT2D eigenvalue weighted by atomic mass is 10.2. The Kier molecular flexibility index (Phi) is 2.89. The summed E-state index contributed by atoms with van der Waals surface area (Å²) in [6.45, 7) is 10.9. The van der Waals surface area contributed by atoms with Gasteiger partial charge in [-0.05, 0) is 20.8 Å². The van der Waals surface area contributed by atoms with Crippen molar-refractivity contribution in [2.24, 2.45) is 0 Å². The third kappa shape index (κ3) is 2.06. The van der Waals surface area contributed by atoms with Crippen LogP contribution in [0, 0.1) is 20.8 Å². The summed E-state index contributed by atoms with van der Waals surface area (Å²) in [7, 11) is 0. The molecular weight excluding hydrogens is 242 g/mol. The summed E-state index contributed by atoms with van der Waals surface area (Å²) in [5, 5.41) is 8.01. The highest BCUT2D eigenvalue weighted by molar-refractivity contribution is 5.15. The van der Waals surface area contributed by atoms with Crippen molar-refractivity contribution in [3.63, 3.8) is 0 Å². The molecule has 3 rings (SSSR count). The number of rotatable bonds is 2. The van der Waals surface area contributed by atoms with Crippen LogP contribution in [0.15, 0.2) is 4.42 Å². The highest BCUT2D eigenvalue weighted by Gasteiger charge is 2.27. The van der Waals surface area contributed by atoms with Crippen LogP contribution < -0.4 is 0 Å². The fourth-order valence-electron chi connectivity index (χ4n) is 2.60. The van der Waals surface area contributed by atoms with Crippen LogP contribution in [0.2, 0.25) is 0 Å². The van der Waals surface area contributed by atoms with E-state index in [0.29, 0.717) is 11.8 Å². The van der Waals surface area contributed by atoms with Crippen molar-refractivity contribution in [3.8, 4) is 0 Å². The molecule has 0 radical (unpaired) electrons. The molecule has 0 bridgehead atoms. The van der Waals surface area contributed by atoms with Crippen molar-refractivity contribution < 1.29 is 4.42 Å². The van der Waals surface area contributed by atoms with Crippen molar-refractivity contribution in [1.29, 1.82) is 0 Å². The molecule has 0 spiro atoms. The smallest absolute Gasteiger partial charge is 0.233 e. The van der Waals surface area contributed by atoms with Crippen molar-refractivity contribution in [3.05, 3.63) is 29.0 Å². The van der Waals surface area contributed by atoms with Gasteiger partial charge in [0.25, 0.3) is 0 Å². The number of nitrogens with zero attached hydrogens (tertiary/aromatic N) is 5. The van der Waals surface area contributed by atoms with E-state index in [2.05, 4.69) is 45.4 Å². The van der Waals surface area contributed by atoms with E-state index in [1.807, 2.05) is 6.92 Å². The van der Waals surface area contributed by atoms with Crippen LogP contribution in [0.4, 0.5) is 0 Å². The van der Waals surface area contributed by atoms with Crippen molar-refractivity contribution in [1.82, 2.24) is 24.6 Å². The molecule has 0 amide bonds. The molecule has 0 saturated carbocycles. The largest absolute Gasteiger partial charge is 0.424 e. The summed E-state index contributed by atoms with van der Waals surface area (Å²) in [5.74, 6) is 2.43. The molecular formula is C13H19N5O. The number of fused-ring (bicyclic) bond motifs is 1. The van der Waals surface area contributed by atoms with E-state index in [-0.39, 0.29) is 6.04 Å². The molecule has 0 N–H and O–H groups in total. The van der Waals surface area contributed by atoms with Crippen LogP contribution in [0.3, 0.4) is 0 Å². The predicted molar refractivity (Wildman–Crippen MR) is 69.6 cm³/mol. The molecule has 0 aliphatic carbocycles. The van der Waals surface area contributed by atoms with Crippen LogP contribution in [0.5, 0.6) is 0 Å². The molecule has 1 aliphatic heterocycles. The van der Waals surface area contributed by atoms with Gasteiger partial charge in [-0.25, -0.2) is 4.98 Å². The minimum absolute atomic E-state index is 0.132. The lowest BCUT2D eigenvalue weighted by molar-refractivity contribution is 0.141. The molecule has 0 aromatic carbocycles. The first-order valence-corrected chi connectivity index (χ1v) is 6.63. The number of aryl methyl sites for hydroxylation is 2. The molecule has 3 heterocycles. The molecule has 19 heavy (non-hydrogen) atoms. The average Bonchev–Trinajstić information content (AvgIpc) is 2.94. The van der Waals surface area contributed by atoms with Gasteiger partial charge in [-0.3, -0.25) is 4.90 Å². The first-order valence-electron chi connectivity index (χ1n) is 6.63. The van der Waals surface area contributed by atoms with Crippen LogP contribution in [-0.2, 0) is 13.1 Å². The van der Waals surface area contributed by atoms with E-state index in [9.17, 15) is 0 Å². The minimum Gasteiger partial charge on any atom is -0.424 e. The third-order valence-electron chi connectivity index (χ3n) is 3.94. The fourth-order valence-corrected chi connectivity index (χ4v) is 2.60. The summed E-state index contributed by atoms with van der Waals surface area (Å²) >= 11 is 0. The SMILES string of the molecule is Cc1nnc([C@H](C)N2CCn3c(nc(C)c3C)C2)o1. The molecule has 6 heteroatoms. The first kappa shape index (κ1) is 12.3. The number of imidazole rings is 1. The van der Waals surface area contributed by atoms with Gasteiger partial charge in [0.15, 0.2) is 0 Å². The maximum Gasteiger partial charge on any atom is 0.233 e. The second-order valence-electron chi connectivity index (χ2n) is 5.16. The minimum atomic E-state index is 0.132. The maximum absolute atomic E-state index is 5.52. The zero-order valence-electron chi connectivity index (χ0n) is 11.8.